The van der Waals surface area contributed by atoms with Crippen LogP contribution in [0.5, 0.6) is 0 Å². The van der Waals surface area contributed by atoms with E-state index in [4.69, 9.17) is 11.6 Å². The van der Waals surface area contributed by atoms with Gasteiger partial charge in [-0.2, -0.15) is 0 Å². The summed E-state index contributed by atoms with van der Waals surface area (Å²) in [5, 5.41) is -0.0223. The van der Waals surface area contributed by atoms with Crippen LogP contribution in [0, 0.1) is 18.6 Å². The molecule has 5 heteroatoms. The van der Waals surface area contributed by atoms with Crippen molar-refractivity contribution in [2.24, 2.45) is 0 Å². The molecule has 1 aromatic carbocycles. The summed E-state index contributed by atoms with van der Waals surface area (Å²) < 4.78 is 27.3. The van der Waals surface area contributed by atoms with Crippen LogP contribution in [-0.2, 0) is 0 Å². The van der Waals surface area contributed by atoms with Gasteiger partial charge >= 0.3 is 0 Å². The van der Waals surface area contributed by atoms with E-state index in [1.165, 1.54) is 24.5 Å². The fraction of sp³-hybridized carbons (Fsp3) is 0.0909. The number of halogens is 3. The lowest BCUT2D eigenvalue weighted by Crippen LogP contribution is -1.97. The van der Waals surface area contributed by atoms with Crippen LogP contribution in [0.1, 0.15) is 5.56 Å². The molecular formula is C11H7ClF2N2. The minimum Gasteiger partial charge on any atom is -0.251 e. The maximum Gasteiger partial charge on any atom is 0.155 e. The Bertz CT molecular complexity index is 544. The summed E-state index contributed by atoms with van der Waals surface area (Å²) in [6.07, 6.45) is 2.69. The third-order valence-corrected chi connectivity index (χ3v) is 2.45. The first-order chi connectivity index (χ1) is 7.61. The Morgan fingerprint density at radius 1 is 1.12 bits per heavy atom. The quantitative estimate of drug-likeness (QED) is 0.764. The highest BCUT2D eigenvalue weighted by Gasteiger charge is 2.17. The van der Waals surface area contributed by atoms with E-state index in [2.05, 4.69) is 9.97 Å². The highest BCUT2D eigenvalue weighted by molar-refractivity contribution is 6.31. The molecule has 2 nitrogen and oxygen atoms in total. The fourth-order valence-corrected chi connectivity index (χ4v) is 1.56. The molecule has 2 aromatic rings. The summed E-state index contributed by atoms with van der Waals surface area (Å²) in [6.45, 7) is 1.54. The summed E-state index contributed by atoms with van der Waals surface area (Å²) in [5.41, 5.74) is 0.110. The Labute approximate surface area is 95.9 Å². The Balaban J connectivity index is 2.74. The monoisotopic (exact) mass is 240 g/mol. The minimum absolute atomic E-state index is 0.0165. The number of aromatic nitrogens is 2. The summed E-state index contributed by atoms with van der Waals surface area (Å²) >= 11 is 5.75. The number of nitrogens with zero attached hydrogens (tertiary/aromatic N) is 2. The van der Waals surface area contributed by atoms with Gasteiger partial charge < -0.3 is 0 Å². The van der Waals surface area contributed by atoms with Gasteiger partial charge in [0.2, 0.25) is 0 Å². The average molecular weight is 241 g/mol. The van der Waals surface area contributed by atoms with Gasteiger partial charge in [-0.3, -0.25) is 4.98 Å². The molecule has 0 bridgehead atoms. The van der Waals surface area contributed by atoms with Gasteiger partial charge in [-0.25, -0.2) is 13.8 Å². The van der Waals surface area contributed by atoms with Gasteiger partial charge in [-0.05, 0) is 18.6 Å². The Morgan fingerprint density at radius 3 is 2.50 bits per heavy atom. The van der Waals surface area contributed by atoms with Crippen molar-refractivity contribution in [2.75, 3.05) is 0 Å². The predicted octanol–water partition coefficient (Wildman–Crippen LogP) is 3.38. The molecule has 0 amide bonds. The van der Waals surface area contributed by atoms with Gasteiger partial charge in [0.15, 0.2) is 5.15 Å². The molecule has 1 heterocycles. The normalized spacial score (nSPS) is 10.5. The van der Waals surface area contributed by atoms with Crippen LogP contribution in [-0.4, -0.2) is 9.97 Å². The third kappa shape index (κ3) is 1.76. The number of hydrogen-bond acceptors (Lipinski definition) is 2. The van der Waals surface area contributed by atoms with Crippen molar-refractivity contribution in [3.63, 3.8) is 0 Å². The summed E-state index contributed by atoms with van der Waals surface area (Å²) in [6, 6.07) is 2.54. The molecule has 0 aliphatic rings. The molecule has 0 N–H and O–H groups in total. The number of hydrogen-bond donors (Lipinski definition) is 0. The van der Waals surface area contributed by atoms with Crippen molar-refractivity contribution < 1.29 is 8.78 Å². The van der Waals surface area contributed by atoms with Gasteiger partial charge in [-0.1, -0.05) is 17.7 Å². The van der Waals surface area contributed by atoms with Crippen LogP contribution < -0.4 is 0 Å². The highest BCUT2D eigenvalue weighted by atomic mass is 35.5. The van der Waals surface area contributed by atoms with Crippen LogP contribution in [0.15, 0.2) is 24.5 Å². The fourth-order valence-electron chi connectivity index (χ4n) is 1.36. The molecule has 0 unspecified atom stereocenters. The van der Waals surface area contributed by atoms with Crippen LogP contribution in [0.25, 0.3) is 11.3 Å². The molecule has 0 spiro atoms. The van der Waals surface area contributed by atoms with Crippen molar-refractivity contribution in [1.82, 2.24) is 9.97 Å². The first-order valence-electron chi connectivity index (χ1n) is 4.52. The SMILES string of the molecule is Cc1ccc(F)c(-c2nccnc2Cl)c1F. The van der Waals surface area contributed by atoms with Crippen molar-refractivity contribution in [2.45, 2.75) is 6.92 Å². The third-order valence-electron chi connectivity index (χ3n) is 2.17. The zero-order valence-corrected chi connectivity index (χ0v) is 9.09. The van der Waals surface area contributed by atoms with Gasteiger partial charge in [0.1, 0.15) is 17.3 Å². The number of rotatable bonds is 1. The second-order valence-electron chi connectivity index (χ2n) is 3.25. The molecule has 1 aromatic heterocycles. The van der Waals surface area contributed by atoms with Crippen LogP contribution in [0.3, 0.4) is 0 Å². The standard InChI is InChI=1S/C11H7ClF2N2/c1-6-2-3-7(13)8(9(6)14)10-11(12)16-5-4-15-10/h2-5H,1H3. The van der Waals surface area contributed by atoms with Crippen molar-refractivity contribution in [3.8, 4) is 11.3 Å². The van der Waals surface area contributed by atoms with Gasteiger partial charge in [0, 0.05) is 12.4 Å². The summed E-state index contributed by atoms with van der Waals surface area (Å²) in [7, 11) is 0. The lowest BCUT2D eigenvalue weighted by molar-refractivity contribution is 0.582. The first kappa shape index (κ1) is 11.0. The Hall–Kier alpha value is -1.55. The molecule has 82 valence electrons. The van der Waals surface area contributed by atoms with Gasteiger partial charge in [0.25, 0.3) is 0 Å². The minimum atomic E-state index is -0.703. The van der Waals surface area contributed by atoms with Gasteiger partial charge in [-0.15, -0.1) is 0 Å². The highest BCUT2D eigenvalue weighted by Crippen LogP contribution is 2.29. The zero-order chi connectivity index (χ0) is 11.7. The van der Waals surface area contributed by atoms with Crippen molar-refractivity contribution >= 4 is 11.6 Å². The zero-order valence-electron chi connectivity index (χ0n) is 8.34. The smallest absolute Gasteiger partial charge is 0.155 e. The molecule has 0 radical (unpaired) electrons. The molecule has 0 saturated carbocycles. The first-order valence-corrected chi connectivity index (χ1v) is 4.90. The van der Waals surface area contributed by atoms with E-state index in [0.717, 1.165) is 0 Å². The Morgan fingerprint density at radius 2 is 1.81 bits per heavy atom. The summed E-state index contributed by atoms with van der Waals surface area (Å²) in [4.78, 5) is 7.57. The van der Waals surface area contributed by atoms with E-state index >= 15 is 0 Å². The molecule has 0 aliphatic heterocycles. The largest absolute Gasteiger partial charge is 0.251 e. The van der Waals surface area contributed by atoms with E-state index < -0.39 is 11.6 Å². The van der Waals surface area contributed by atoms with E-state index in [0.29, 0.717) is 5.56 Å². The number of benzene rings is 1. The Kier molecular flexibility index (Phi) is 2.83. The topological polar surface area (TPSA) is 25.8 Å². The van der Waals surface area contributed by atoms with Crippen molar-refractivity contribution in [3.05, 3.63) is 46.9 Å². The second kappa shape index (κ2) is 4.14. The molecule has 2 rings (SSSR count). The molecule has 0 atom stereocenters. The van der Waals surface area contributed by atoms with E-state index in [1.54, 1.807) is 6.92 Å². The van der Waals surface area contributed by atoms with Crippen LogP contribution in [0.4, 0.5) is 8.78 Å². The van der Waals surface area contributed by atoms with E-state index in [-0.39, 0.29) is 16.4 Å². The number of aryl methyl sites for hydroxylation is 1. The van der Waals surface area contributed by atoms with E-state index in [1.807, 2.05) is 0 Å². The molecule has 16 heavy (non-hydrogen) atoms. The van der Waals surface area contributed by atoms with E-state index in [9.17, 15) is 8.78 Å². The lowest BCUT2D eigenvalue weighted by atomic mass is 10.1. The predicted molar refractivity (Wildman–Crippen MR) is 57.1 cm³/mol. The molecule has 0 aliphatic carbocycles. The maximum absolute atomic E-state index is 13.8. The second-order valence-corrected chi connectivity index (χ2v) is 3.61. The van der Waals surface area contributed by atoms with Crippen molar-refractivity contribution in [1.29, 1.82) is 0 Å². The molecule has 0 fully saturated rings. The lowest BCUT2D eigenvalue weighted by Gasteiger charge is -2.07. The molecule has 0 saturated heterocycles. The van der Waals surface area contributed by atoms with Crippen LogP contribution >= 0.6 is 11.6 Å². The molecular weight excluding hydrogens is 234 g/mol. The summed E-state index contributed by atoms with van der Waals surface area (Å²) in [5.74, 6) is -1.37. The average Bonchev–Trinajstić information content (AvgIpc) is 2.27. The maximum atomic E-state index is 13.8. The van der Waals surface area contributed by atoms with Crippen LogP contribution in [0.2, 0.25) is 5.15 Å². The van der Waals surface area contributed by atoms with Gasteiger partial charge in [0.05, 0.1) is 5.56 Å².